The molecule has 1 saturated heterocycles. The summed E-state index contributed by atoms with van der Waals surface area (Å²) in [5.41, 5.74) is 6.64. The van der Waals surface area contributed by atoms with Crippen molar-refractivity contribution < 1.29 is 14.4 Å². The second-order valence-corrected chi connectivity index (χ2v) is 10.2. The monoisotopic (exact) mass is 492 g/mol. The number of fused-ring (bicyclic) bond motifs is 2. The Labute approximate surface area is 215 Å². The zero-order valence-corrected chi connectivity index (χ0v) is 21.2. The summed E-state index contributed by atoms with van der Waals surface area (Å²) in [7, 11) is 0. The second kappa shape index (κ2) is 8.69. The van der Waals surface area contributed by atoms with Gasteiger partial charge in [-0.2, -0.15) is 0 Å². The van der Waals surface area contributed by atoms with Crippen molar-refractivity contribution in [3.8, 4) is 0 Å². The van der Waals surface area contributed by atoms with Gasteiger partial charge in [-0.25, -0.2) is 9.88 Å². The van der Waals surface area contributed by atoms with E-state index in [1.807, 2.05) is 43.0 Å². The molecule has 7 heteroatoms. The fourth-order valence-electron chi connectivity index (χ4n) is 5.43. The normalized spacial score (nSPS) is 16.1. The van der Waals surface area contributed by atoms with E-state index in [1.54, 1.807) is 18.2 Å². The maximum absolute atomic E-state index is 13.4. The highest BCUT2D eigenvalue weighted by Gasteiger charge is 2.38. The first-order valence-electron chi connectivity index (χ1n) is 12.7. The van der Waals surface area contributed by atoms with Gasteiger partial charge < -0.3 is 9.88 Å². The van der Waals surface area contributed by atoms with Crippen LogP contribution in [0.2, 0.25) is 0 Å². The van der Waals surface area contributed by atoms with E-state index in [-0.39, 0.29) is 29.2 Å². The number of nitrogens with zero attached hydrogens (tertiary/aromatic N) is 3. The summed E-state index contributed by atoms with van der Waals surface area (Å²) >= 11 is 0. The van der Waals surface area contributed by atoms with E-state index in [0.717, 1.165) is 40.8 Å². The Bertz CT molecular complexity index is 1590. The molecule has 1 aromatic heterocycles. The largest absolute Gasteiger partial charge is 0.342 e. The number of anilines is 1. The van der Waals surface area contributed by atoms with Gasteiger partial charge in [0.05, 0.1) is 27.8 Å². The lowest BCUT2D eigenvalue weighted by Gasteiger charge is -2.31. The molecule has 37 heavy (non-hydrogen) atoms. The predicted octanol–water partition coefficient (Wildman–Crippen LogP) is 5.31. The van der Waals surface area contributed by atoms with Crippen molar-refractivity contribution in [1.29, 1.82) is 0 Å². The van der Waals surface area contributed by atoms with Crippen LogP contribution in [0.5, 0.6) is 0 Å². The van der Waals surface area contributed by atoms with Crippen molar-refractivity contribution in [2.45, 2.75) is 39.5 Å². The molecule has 7 nitrogen and oxygen atoms in total. The Morgan fingerprint density at radius 3 is 2.35 bits per heavy atom. The van der Waals surface area contributed by atoms with Crippen LogP contribution in [0.15, 0.2) is 54.6 Å². The number of likely N-dealkylation sites (tertiary alicyclic amines) is 1. The third kappa shape index (κ3) is 3.91. The molecular formula is C30H28N4O3. The minimum atomic E-state index is -0.387. The van der Waals surface area contributed by atoms with E-state index < -0.39 is 0 Å². The molecule has 186 valence electrons. The standard InChI is InChI=1S/C30H28N4O3/c1-17-5-9-24-25(14-17)32-27(31-24)20-10-12-33(13-11-20)28(35)21-7-8-22-23(16-21)30(37)34(29(22)36)26-15-18(2)4-6-19(26)3/h4-9,14-16,20H,10-13H2,1-3H3,(H,31,32). The summed E-state index contributed by atoms with van der Waals surface area (Å²) in [6.07, 6.45) is 1.63. The number of nitrogens with one attached hydrogen (secondary N) is 1. The van der Waals surface area contributed by atoms with Gasteiger partial charge in [-0.05, 0) is 86.7 Å². The van der Waals surface area contributed by atoms with Crippen molar-refractivity contribution >= 4 is 34.4 Å². The van der Waals surface area contributed by atoms with Crippen molar-refractivity contribution in [3.63, 3.8) is 0 Å². The van der Waals surface area contributed by atoms with Gasteiger partial charge in [-0.15, -0.1) is 0 Å². The number of carbonyl (C=O) groups excluding carboxylic acids is 3. The average Bonchev–Trinajstić information content (AvgIpc) is 3.43. The summed E-state index contributed by atoms with van der Waals surface area (Å²) < 4.78 is 0. The van der Waals surface area contributed by atoms with Gasteiger partial charge in [-0.3, -0.25) is 14.4 Å². The van der Waals surface area contributed by atoms with Gasteiger partial charge in [0.2, 0.25) is 0 Å². The number of imidazole rings is 1. The molecule has 3 aromatic carbocycles. The summed E-state index contributed by atoms with van der Waals surface area (Å²) in [5.74, 6) is 0.381. The van der Waals surface area contributed by atoms with Crippen LogP contribution >= 0.6 is 0 Å². The van der Waals surface area contributed by atoms with E-state index >= 15 is 0 Å². The number of hydrogen-bond donors (Lipinski definition) is 1. The summed E-state index contributed by atoms with van der Waals surface area (Å²) in [6.45, 7) is 7.09. The molecule has 0 radical (unpaired) electrons. The van der Waals surface area contributed by atoms with Crippen LogP contribution in [0, 0.1) is 20.8 Å². The third-order valence-corrected chi connectivity index (χ3v) is 7.56. The highest BCUT2D eigenvalue weighted by Crippen LogP contribution is 2.33. The highest BCUT2D eigenvalue weighted by atomic mass is 16.2. The Morgan fingerprint density at radius 2 is 1.57 bits per heavy atom. The minimum absolute atomic E-state index is 0.119. The molecule has 6 rings (SSSR count). The minimum Gasteiger partial charge on any atom is -0.342 e. The summed E-state index contributed by atoms with van der Waals surface area (Å²) in [6, 6.07) is 16.7. The molecule has 0 aliphatic carbocycles. The Balaban J connectivity index is 1.19. The zero-order chi connectivity index (χ0) is 25.8. The molecule has 3 heterocycles. The third-order valence-electron chi connectivity index (χ3n) is 7.56. The fraction of sp³-hybridized carbons (Fsp3) is 0.267. The number of hydrogen-bond acceptors (Lipinski definition) is 4. The molecule has 0 unspecified atom stereocenters. The molecule has 2 aliphatic heterocycles. The molecule has 0 saturated carbocycles. The zero-order valence-electron chi connectivity index (χ0n) is 21.2. The lowest BCUT2D eigenvalue weighted by atomic mass is 9.95. The van der Waals surface area contributed by atoms with Crippen LogP contribution in [-0.4, -0.2) is 45.7 Å². The highest BCUT2D eigenvalue weighted by molar-refractivity contribution is 6.35. The smallest absolute Gasteiger partial charge is 0.266 e. The Kier molecular flexibility index (Phi) is 5.44. The first kappa shape index (κ1) is 23.2. The maximum Gasteiger partial charge on any atom is 0.266 e. The van der Waals surface area contributed by atoms with Crippen molar-refractivity contribution in [2.24, 2.45) is 0 Å². The number of carbonyl (C=O) groups is 3. The molecule has 0 atom stereocenters. The number of imide groups is 1. The van der Waals surface area contributed by atoms with Crippen LogP contribution in [0.25, 0.3) is 11.0 Å². The number of aromatic amines is 1. The first-order valence-corrected chi connectivity index (χ1v) is 12.7. The molecule has 1 N–H and O–H groups in total. The number of aromatic nitrogens is 2. The predicted molar refractivity (Wildman–Crippen MR) is 142 cm³/mol. The topological polar surface area (TPSA) is 86.4 Å². The van der Waals surface area contributed by atoms with Gasteiger partial charge in [0.1, 0.15) is 5.82 Å². The molecule has 0 bridgehead atoms. The SMILES string of the molecule is Cc1ccc(C)c(N2C(=O)c3ccc(C(=O)N4CCC(c5nc6ccc(C)cc6[nH]5)CC4)cc3C2=O)c1. The Hall–Kier alpha value is -4.26. The van der Waals surface area contributed by atoms with Crippen LogP contribution in [0.3, 0.4) is 0 Å². The number of aryl methyl sites for hydroxylation is 3. The van der Waals surface area contributed by atoms with E-state index in [2.05, 4.69) is 24.0 Å². The van der Waals surface area contributed by atoms with Crippen LogP contribution in [-0.2, 0) is 0 Å². The van der Waals surface area contributed by atoms with Crippen molar-refractivity contribution in [1.82, 2.24) is 14.9 Å². The van der Waals surface area contributed by atoms with Gasteiger partial charge in [0.25, 0.3) is 17.7 Å². The van der Waals surface area contributed by atoms with E-state index in [0.29, 0.717) is 29.9 Å². The van der Waals surface area contributed by atoms with Crippen molar-refractivity contribution in [2.75, 3.05) is 18.0 Å². The summed E-state index contributed by atoms with van der Waals surface area (Å²) in [4.78, 5) is 51.0. The van der Waals surface area contributed by atoms with Gasteiger partial charge >= 0.3 is 0 Å². The maximum atomic E-state index is 13.4. The molecule has 1 fully saturated rings. The fourth-order valence-corrected chi connectivity index (χ4v) is 5.43. The number of amides is 3. The van der Waals surface area contributed by atoms with E-state index in [9.17, 15) is 14.4 Å². The molecule has 3 amide bonds. The van der Waals surface area contributed by atoms with E-state index in [1.165, 1.54) is 10.5 Å². The number of benzene rings is 3. The molecular weight excluding hydrogens is 464 g/mol. The van der Waals surface area contributed by atoms with Crippen molar-refractivity contribution in [3.05, 3.63) is 93.8 Å². The lowest BCUT2D eigenvalue weighted by Crippen LogP contribution is -2.38. The van der Waals surface area contributed by atoms with Crippen LogP contribution in [0.4, 0.5) is 5.69 Å². The number of rotatable bonds is 3. The first-order chi connectivity index (χ1) is 17.8. The van der Waals surface area contributed by atoms with Gasteiger partial charge in [0.15, 0.2) is 0 Å². The van der Waals surface area contributed by atoms with Crippen LogP contribution < -0.4 is 4.90 Å². The van der Waals surface area contributed by atoms with Crippen LogP contribution in [0.1, 0.15) is 72.3 Å². The Morgan fingerprint density at radius 1 is 0.865 bits per heavy atom. The van der Waals surface area contributed by atoms with E-state index in [4.69, 9.17) is 4.98 Å². The van der Waals surface area contributed by atoms with Gasteiger partial charge in [0, 0.05) is 24.6 Å². The molecule has 4 aromatic rings. The lowest BCUT2D eigenvalue weighted by molar-refractivity contribution is 0.0711. The number of H-pyrrole nitrogens is 1. The molecule has 0 spiro atoms. The molecule has 2 aliphatic rings. The quantitative estimate of drug-likeness (QED) is 0.393. The summed E-state index contributed by atoms with van der Waals surface area (Å²) in [5, 5.41) is 0. The number of piperidine rings is 1. The second-order valence-electron chi connectivity index (χ2n) is 10.2. The average molecular weight is 493 g/mol. The van der Waals surface area contributed by atoms with Gasteiger partial charge in [-0.1, -0.05) is 18.2 Å².